The fraction of sp³-hybridized carbons (Fsp3) is 0.167. The van der Waals surface area contributed by atoms with Gasteiger partial charge in [0.05, 0.1) is 17.4 Å². The lowest BCUT2D eigenvalue weighted by atomic mass is 9.90. The molecule has 2 fully saturated rings. The van der Waals surface area contributed by atoms with Gasteiger partial charge < -0.3 is 0 Å². The van der Waals surface area contributed by atoms with Crippen LogP contribution >= 0.6 is 15.9 Å². The standard InChI is InChI=1S/C24H19BrN2O3/c1-15-7-9-16(10-8-15)21-20-22(30-27(21)19-5-3-2-4-6-19)24(29)26(23(20)28)18-13-11-17(25)12-14-18/h2-14,20-22H,1H3/t20-,21+,22+/m0/s1. The normalized spacial score (nSPS) is 23.2. The maximum Gasteiger partial charge on any atom is 0.266 e. The summed E-state index contributed by atoms with van der Waals surface area (Å²) in [5, 5.41) is 1.72. The van der Waals surface area contributed by atoms with Crippen molar-refractivity contribution < 1.29 is 14.4 Å². The van der Waals surface area contributed by atoms with Gasteiger partial charge in [0.15, 0.2) is 6.10 Å². The minimum Gasteiger partial charge on any atom is -0.273 e. The van der Waals surface area contributed by atoms with Gasteiger partial charge in [0.2, 0.25) is 5.91 Å². The second kappa shape index (κ2) is 7.38. The Morgan fingerprint density at radius 3 is 2.13 bits per heavy atom. The zero-order valence-corrected chi connectivity index (χ0v) is 17.8. The Balaban J connectivity index is 1.58. The predicted octanol–water partition coefficient (Wildman–Crippen LogP) is 4.81. The molecule has 150 valence electrons. The first-order valence-electron chi connectivity index (χ1n) is 9.75. The van der Waals surface area contributed by atoms with Crippen molar-refractivity contribution in [2.45, 2.75) is 19.1 Å². The monoisotopic (exact) mass is 462 g/mol. The minimum atomic E-state index is -0.854. The molecule has 3 aromatic carbocycles. The lowest BCUT2D eigenvalue weighted by Gasteiger charge is -2.28. The number of imide groups is 1. The Labute approximate surface area is 183 Å². The van der Waals surface area contributed by atoms with Crippen LogP contribution in [0.3, 0.4) is 0 Å². The lowest BCUT2D eigenvalue weighted by molar-refractivity contribution is -0.126. The predicted molar refractivity (Wildman–Crippen MR) is 118 cm³/mol. The SMILES string of the molecule is Cc1ccc([C@@H]2[C@@H]3C(=O)N(c4ccc(Br)cc4)C(=O)[C@@H]3ON2c2ccccc2)cc1. The van der Waals surface area contributed by atoms with E-state index in [9.17, 15) is 9.59 Å². The van der Waals surface area contributed by atoms with Gasteiger partial charge in [-0.1, -0.05) is 64.0 Å². The highest BCUT2D eigenvalue weighted by Gasteiger charge is 2.60. The number of nitrogens with zero attached hydrogens (tertiary/aromatic N) is 2. The van der Waals surface area contributed by atoms with Gasteiger partial charge in [0.1, 0.15) is 5.92 Å². The summed E-state index contributed by atoms with van der Waals surface area (Å²) in [6, 6.07) is 24.4. The largest absolute Gasteiger partial charge is 0.273 e. The first-order chi connectivity index (χ1) is 14.5. The highest BCUT2D eigenvalue weighted by Crippen LogP contribution is 2.47. The van der Waals surface area contributed by atoms with E-state index in [-0.39, 0.29) is 11.8 Å². The molecule has 30 heavy (non-hydrogen) atoms. The van der Waals surface area contributed by atoms with Crippen LogP contribution in [0.1, 0.15) is 17.2 Å². The number of hydroxylamine groups is 1. The third kappa shape index (κ3) is 3.04. The van der Waals surface area contributed by atoms with Crippen LogP contribution in [0.2, 0.25) is 0 Å². The Morgan fingerprint density at radius 1 is 0.800 bits per heavy atom. The summed E-state index contributed by atoms with van der Waals surface area (Å²) in [4.78, 5) is 34.1. The Kier molecular flexibility index (Phi) is 4.68. The molecule has 0 radical (unpaired) electrons. The molecule has 3 atom stereocenters. The molecule has 2 aliphatic rings. The summed E-state index contributed by atoms with van der Waals surface area (Å²) in [5.74, 6) is -1.19. The number of aryl methyl sites for hydroxylation is 1. The fourth-order valence-electron chi connectivity index (χ4n) is 4.16. The van der Waals surface area contributed by atoms with E-state index >= 15 is 0 Å². The number of rotatable bonds is 3. The van der Waals surface area contributed by atoms with Crippen LogP contribution in [0.25, 0.3) is 0 Å². The number of amides is 2. The van der Waals surface area contributed by atoms with Crippen LogP contribution in [-0.4, -0.2) is 17.9 Å². The topological polar surface area (TPSA) is 49.9 Å². The van der Waals surface area contributed by atoms with Crippen molar-refractivity contribution in [3.63, 3.8) is 0 Å². The van der Waals surface area contributed by atoms with Gasteiger partial charge in [0.25, 0.3) is 5.91 Å². The number of benzene rings is 3. The van der Waals surface area contributed by atoms with Crippen molar-refractivity contribution in [2.75, 3.05) is 9.96 Å². The van der Waals surface area contributed by atoms with Crippen LogP contribution in [0.15, 0.2) is 83.3 Å². The molecule has 2 amide bonds. The van der Waals surface area contributed by atoms with Crippen molar-refractivity contribution in [3.8, 4) is 0 Å². The molecular weight excluding hydrogens is 444 g/mol. The van der Waals surface area contributed by atoms with Crippen molar-refractivity contribution in [1.82, 2.24) is 0 Å². The molecule has 6 heteroatoms. The quantitative estimate of drug-likeness (QED) is 0.524. The number of anilines is 2. The summed E-state index contributed by atoms with van der Waals surface area (Å²) in [6.45, 7) is 2.02. The number of carbonyl (C=O) groups is 2. The van der Waals surface area contributed by atoms with Crippen LogP contribution in [0, 0.1) is 12.8 Å². The summed E-state index contributed by atoms with van der Waals surface area (Å²) in [6.07, 6.45) is -0.854. The Morgan fingerprint density at radius 2 is 1.47 bits per heavy atom. The maximum atomic E-state index is 13.5. The van der Waals surface area contributed by atoms with Gasteiger partial charge in [-0.2, -0.15) is 0 Å². The molecule has 2 aliphatic heterocycles. The lowest BCUT2D eigenvalue weighted by Crippen LogP contribution is -2.37. The van der Waals surface area contributed by atoms with Crippen LogP contribution in [0.5, 0.6) is 0 Å². The number of fused-ring (bicyclic) bond motifs is 1. The van der Waals surface area contributed by atoms with Gasteiger partial charge in [0, 0.05) is 4.47 Å². The van der Waals surface area contributed by atoms with Gasteiger partial charge in [-0.3, -0.25) is 14.4 Å². The number of hydrogen-bond acceptors (Lipinski definition) is 4. The molecule has 0 spiro atoms. The van der Waals surface area contributed by atoms with E-state index in [1.54, 1.807) is 17.2 Å². The average Bonchev–Trinajstić information content (AvgIpc) is 3.27. The van der Waals surface area contributed by atoms with E-state index in [1.807, 2.05) is 73.7 Å². The second-order valence-corrected chi connectivity index (χ2v) is 8.47. The molecule has 5 nitrogen and oxygen atoms in total. The van der Waals surface area contributed by atoms with Crippen LogP contribution in [-0.2, 0) is 14.4 Å². The maximum absolute atomic E-state index is 13.5. The molecule has 5 rings (SSSR count). The van der Waals surface area contributed by atoms with Crippen molar-refractivity contribution in [2.24, 2.45) is 5.92 Å². The van der Waals surface area contributed by atoms with E-state index in [0.29, 0.717) is 5.69 Å². The van der Waals surface area contributed by atoms with Crippen LogP contribution in [0.4, 0.5) is 11.4 Å². The van der Waals surface area contributed by atoms with E-state index in [4.69, 9.17) is 4.84 Å². The van der Waals surface area contributed by atoms with Gasteiger partial charge in [-0.15, -0.1) is 0 Å². The van der Waals surface area contributed by atoms with E-state index in [1.165, 1.54) is 4.90 Å². The molecule has 3 aromatic rings. The number of carbonyl (C=O) groups excluding carboxylic acids is 2. The van der Waals surface area contributed by atoms with Crippen LogP contribution < -0.4 is 9.96 Å². The van der Waals surface area contributed by atoms with Crippen molar-refractivity contribution in [1.29, 1.82) is 0 Å². The molecule has 2 saturated heterocycles. The third-order valence-corrected chi connectivity index (χ3v) is 6.16. The molecule has 0 aliphatic carbocycles. The summed E-state index contributed by atoms with van der Waals surface area (Å²) < 4.78 is 0.884. The first kappa shape index (κ1) is 19.0. The minimum absolute atomic E-state index is 0.240. The van der Waals surface area contributed by atoms with Gasteiger partial charge in [-0.05, 0) is 48.9 Å². The van der Waals surface area contributed by atoms with E-state index in [0.717, 1.165) is 21.3 Å². The summed E-state index contributed by atoms with van der Waals surface area (Å²) in [5.41, 5.74) is 3.44. The fourth-order valence-corrected chi connectivity index (χ4v) is 4.42. The number of para-hydroxylation sites is 1. The van der Waals surface area contributed by atoms with Crippen molar-refractivity contribution in [3.05, 3.63) is 94.5 Å². The summed E-state index contributed by atoms with van der Waals surface area (Å²) in [7, 11) is 0. The highest BCUT2D eigenvalue weighted by molar-refractivity contribution is 9.10. The molecule has 0 unspecified atom stereocenters. The molecular formula is C24H19BrN2O3. The third-order valence-electron chi connectivity index (χ3n) is 5.63. The average molecular weight is 463 g/mol. The number of hydrogen-bond donors (Lipinski definition) is 0. The zero-order chi connectivity index (χ0) is 20.8. The number of halogens is 1. The second-order valence-electron chi connectivity index (χ2n) is 7.56. The first-order valence-corrected chi connectivity index (χ1v) is 10.5. The molecule has 0 N–H and O–H groups in total. The van der Waals surface area contributed by atoms with Crippen molar-refractivity contribution >= 4 is 39.1 Å². The Bertz CT molecular complexity index is 1100. The molecule has 2 heterocycles. The van der Waals surface area contributed by atoms with E-state index < -0.39 is 18.1 Å². The molecule has 0 saturated carbocycles. The van der Waals surface area contributed by atoms with Gasteiger partial charge in [-0.25, -0.2) is 9.96 Å². The molecule has 0 bridgehead atoms. The highest BCUT2D eigenvalue weighted by atomic mass is 79.9. The summed E-state index contributed by atoms with van der Waals surface area (Å²) >= 11 is 3.39. The Hall–Kier alpha value is -2.96. The van der Waals surface area contributed by atoms with Gasteiger partial charge >= 0.3 is 0 Å². The zero-order valence-electron chi connectivity index (χ0n) is 16.2. The van der Waals surface area contributed by atoms with E-state index in [2.05, 4.69) is 15.9 Å². The molecule has 0 aromatic heterocycles. The smallest absolute Gasteiger partial charge is 0.266 e.